The Morgan fingerprint density at radius 1 is 1.03 bits per heavy atom. The van der Waals surface area contributed by atoms with Crippen LogP contribution in [0, 0.1) is 0 Å². The van der Waals surface area contributed by atoms with Gasteiger partial charge in [-0.25, -0.2) is 0 Å². The molecule has 0 aliphatic carbocycles. The van der Waals surface area contributed by atoms with Gasteiger partial charge in [0.2, 0.25) is 0 Å². The lowest BCUT2D eigenvalue weighted by atomic mass is 10.1. The molecule has 9 heteroatoms. The molecule has 0 radical (unpaired) electrons. The first-order valence-electron chi connectivity index (χ1n) is 10.3. The summed E-state index contributed by atoms with van der Waals surface area (Å²) in [6.07, 6.45) is 1.59. The van der Waals surface area contributed by atoms with E-state index in [1.165, 1.54) is 0 Å². The molecule has 0 spiro atoms. The quantitative estimate of drug-likeness (QED) is 0.519. The number of amides is 1. The fourth-order valence-electron chi connectivity index (χ4n) is 3.70. The van der Waals surface area contributed by atoms with Gasteiger partial charge in [0.05, 0.1) is 19.1 Å². The van der Waals surface area contributed by atoms with Crippen LogP contribution in [-0.4, -0.2) is 64.5 Å². The highest BCUT2D eigenvalue weighted by Crippen LogP contribution is 2.23. The number of ether oxygens (including phenoxy) is 1. The second kappa shape index (κ2) is 8.54. The summed E-state index contributed by atoms with van der Waals surface area (Å²) in [6.45, 7) is 2.53. The van der Waals surface area contributed by atoms with Gasteiger partial charge < -0.3 is 19.0 Å². The Hall–Kier alpha value is -4.14. The van der Waals surface area contributed by atoms with Crippen molar-refractivity contribution in [2.45, 2.75) is 0 Å². The van der Waals surface area contributed by atoms with E-state index in [9.17, 15) is 4.79 Å². The van der Waals surface area contributed by atoms with E-state index in [4.69, 9.17) is 9.15 Å². The molecule has 1 N–H and O–H groups in total. The van der Waals surface area contributed by atoms with E-state index >= 15 is 0 Å². The molecule has 1 aliphatic rings. The van der Waals surface area contributed by atoms with Gasteiger partial charge in [-0.15, -0.1) is 10.2 Å². The van der Waals surface area contributed by atoms with E-state index in [0.29, 0.717) is 43.3 Å². The molecule has 4 aromatic rings. The molecule has 0 saturated carbocycles. The summed E-state index contributed by atoms with van der Waals surface area (Å²) in [6, 6.07) is 17.0. The van der Waals surface area contributed by atoms with Crippen LogP contribution in [0.4, 0.5) is 5.82 Å². The minimum Gasteiger partial charge on any atom is -0.497 e. The molecule has 0 atom stereocenters. The van der Waals surface area contributed by atoms with Gasteiger partial charge in [-0.2, -0.15) is 5.10 Å². The van der Waals surface area contributed by atoms with Crippen molar-refractivity contribution in [3.8, 4) is 28.5 Å². The number of rotatable bonds is 5. The van der Waals surface area contributed by atoms with Crippen LogP contribution in [0.25, 0.3) is 22.7 Å². The van der Waals surface area contributed by atoms with E-state index in [2.05, 4.69) is 25.3 Å². The fourth-order valence-corrected chi connectivity index (χ4v) is 3.70. The van der Waals surface area contributed by atoms with Crippen molar-refractivity contribution in [1.29, 1.82) is 0 Å². The maximum atomic E-state index is 12.8. The van der Waals surface area contributed by atoms with Crippen molar-refractivity contribution in [3.63, 3.8) is 0 Å². The standard InChI is InChI=1S/C23H22N6O3/c1-31-17-6-4-16(5-7-17)18-8-9-22(27-24-18)28-10-12-29(13-11-28)23(30)20-15-19(25-26-20)21-3-2-14-32-21/h2-9,14-15H,10-13H2,1H3,(H,25,26). The van der Waals surface area contributed by atoms with Crippen LogP contribution in [0.1, 0.15) is 10.5 Å². The van der Waals surface area contributed by atoms with Crippen LogP contribution in [0.2, 0.25) is 0 Å². The largest absolute Gasteiger partial charge is 0.497 e. The van der Waals surface area contributed by atoms with Gasteiger partial charge in [0.25, 0.3) is 5.91 Å². The van der Waals surface area contributed by atoms with E-state index < -0.39 is 0 Å². The smallest absolute Gasteiger partial charge is 0.274 e. The van der Waals surface area contributed by atoms with Gasteiger partial charge in [0.1, 0.15) is 11.4 Å². The predicted molar refractivity (Wildman–Crippen MR) is 118 cm³/mol. The number of benzene rings is 1. The van der Waals surface area contributed by atoms with Crippen LogP contribution in [0.3, 0.4) is 0 Å². The van der Waals surface area contributed by atoms with Gasteiger partial charge in [0, 0.05) is 37.8 Å². The van der Waals surface area contributed by atoms with Crippen LogP contribution in [0.15, 0.2) is 65.3 Å². The fraction of sp³-hybridized carbons (Fsp3) is 0.217. The zero-order valence-corrected chi connectivity index (χ0v) is 17.6. The van der Waals surface area contributed by atoms with Crippen molar-refractivity contribution in [2.24, 2.45) is 0 Å². The number of H-pyrrole nitrogens is 1. The summed E-state index contributed by atoms with van der Waals surface area (Å²) in [5, 5.41) is 15.8. The SMILES string of the molecule is COc1ccc(-c2ccc(N3CCN(C(=O)c4cc(-c5ccco5)[nH]n4)CC3)nn2)cc1. The molecule has 5 rings (SSSR count). The van der Waals surface area contributed by atoms with Crippen molar-refractivity contribution in [3.05, 3.63) is 66.6 Å². The van der Waals surface area contributed by atoms with E-state index in [1.54, 1.807) is 30.4 Å². The molecule has 1 aromatic carbocycles. The number of aromatic amines is 1. The number of nitrogens with zero attached hydrogens (tertiary/aromatic N) is 5. The van der Waals surface area contributed by atoms with Crippen LogP contribution in [0.5, 0.6) is 5.75 Å². The minimum absolute atomic E-state index is 0.0976. The molecular weight excluding hydrogens is 408 g/mol. The second-order valence-corrected chi connectivity index (χ2v) is 7.43. The van der Waals surface area contributed by atoms with Gasteiger partial charge in [-0.1, -0.05) is 0 Å². The summed E-state index contributed by atoms with van der Waals surface area (Å²) < 4.78 is 10.5. The number of carbonyl (C=O) groups is 1. The molecule has 9 nitrogen and oxygen atoms in total. The number of methoxy groups -OCH3 is 1. The van der Waals surface area contributed by atoms with Crippen LogP contribution >= 0.6 is 0 Å². The zero-order chi connectivity index (χ0) is 21.9. The monoisotopic (exact) mass is 430 g/mol. The molecule has 1 fully saturated rings. The number of carbonyl (C=O) groups excluding carboxylic acids is 1. The average molecular weight is 430 g/mol. The highest BCUT2D eigenvalue weighted by Gasteiger charge is 2.25. The van der Waals surface area contributed by atoms with Crippen molar-refractivity contribution >= 4 is 11.7 Å². The lowest BCUT2D eigenvalue weighted by Gasteiger charge is -2.34. The molecule has 162 valence electrons. The topological polar surface area (TPSA) is 100 Å². The van der Waals surface area contributed by atoms with E-state index in [0.717, 1.165) is 22.8 Å². The number of nitrogens with one attached hydrogen (secondary N) is 1. The maximum Gasteiger partial charge on any atom is 0.274 e. The van der Waals surface area contributed by atoms with Gasteiger partial charge in [-0.3, -0.25) is 9.89 Å². The highest BCUT2D eigenvalue weighted by atomic mass is 16.5. The molecule has 3 aromatic heterocycles. The first-order valence-corrected chi connectivity index (χ1v) is 10.3. The lowest BCUT2D eigenvalue weighted by molar-refractivity contribution is 0.0740. The third kappa shape index (κ3) is 3.92. The van der Waals surface area contributed by atoms with Crippen molar-refractivity contribution < 1.29 is 13.9 Å². The zero-order valence-electron chi connectivity index (χ0n) is 17.6. The number of aromatic nitrogens is 4. The first-order chi connectivity index (χ1) is 15.7. The Labute approximate surface area is 184 Å². The van der Waals surface area contributed by atoms with Gasteiger partial charge in [0.15, 0.2) is 17.3 Å². The highest BCUT2D eigenvalue weighted by molar-refractivity contribution is 5.93. The number of hydrogen-bond donors (Lipinski definition) is 1. The van der Waals surface area contributed by atoms with E-state index in [1.807, 2.05) is 42.5 Å². The second-order valence-electron chi connectivity index (χ2n) is 7.43. The molecule has 32 heavy (non-hydrogen) atoms. The summed E-state index contributed by atoms with van der Waals surface area (Å²) >= 11 is 0. The normalized spacial score (nSPS) is 13.9. The number of hydrogen-bond acceptors (Lipinski definition) is 7. The van der Waals surface area contributed by atoms with Crippen LogP contribution in [-0.2, 0) is 0 Å². The molecule has 4 heterocycles. The lowest BCUT2D eigenvalue weighted by Crippen LogP contribution is -2.49. The Balaban J connectivity index is 1.20. The molecule has 1 saturated heterocycles. The third-order valence-corrected chi connectivity index (χ3v) is 5.51. The third-order valence-electron chi connectivity index (χ3n) is 5.51. The molecule has 1 aliphatic heterocycles. The average Bonchev–Trinajstić information content (AvgIpc) is 3.56. The first kappa shape index (κ1) is 19.8. The summed E-state index contributed by atoms with van der Waals surface area (Å²) in [7, 11) is 1.64. The Bertz CT molecular complexity index is 1180. The van der Waals surface area contributed by atoms with Crippen molar-refractivity contribution in [1.82, 2.24) is 25.3 Å². The van der Waals surface area contributed by atoms with Gasteiger partial charge in [-0.05, 0) is 48.5 Å². The summed E-state index contributed by atoms with van der Waals surface area (Å²) in [5.41, 5.74) is 2.85. The summed E-state index contributed by atoms with van der Waals surface area (Å²) in [5.74, 6) is 2.16. The van der Waals surface area contributed by atoms with Gasteiger partial charge >= 0.3 is 0 Å². The molecule has 0 unspecified atom stereocenters. The maximum absolute atomic E-state index is 12.8. The Morgan fingerprint density at radius 3 is 2.50 bits per heavy atom. The van der Waals surface area contributed by atoms with E-state index in [-0.39, 0.29) is 5.91 Å². The summed E-state index contributed by atoms with van der Waals surface area (Å²) in [4.78, 5) is 16.8. The Morgan fingerprint density at radius 2 is 1.84 bits per heavy atom. The molecule has 1 amide bonds. The molecule has 0 bridgehead atoms. The number of anilines is 1. The van der Waals surface area contributed by atoms with Crippen LogP contribution < -0.4 is 9.64 Å². The van der Waals surface area contributed by atoms with Crippen molar-refractivity contribution in [2.75, 3.05) is 38.2 Å². The number of piperazine rings is 1. The minimum atomic E-state index is -0.0976. The predicted octanol–water partition coefficient (Wildman–Crippen LogP) is 3.10. The number of furan rings is 1. The Kier molecular flexibility index (Phi) is 5.29. The molecular formula is C23H22N6O3.